The van der Waals surface area contributed by atoms with E-state index in [0.717, 1.165) is 38.0 Å². The van der Waals surface area contributed by atoms with Gasteiger partial charge in [-0.15, -0.1) is 0 Å². The minimum Gasteiger partial charge on any atom is -0.381 e. The zero-order valence-electron chi connectivity index (χ0n) is 14.7. The van der Waals surface area contributed by atoms with Gasteiger partial charge in [0.15, 0.2) is 0 Å². The lowest BCUT2D eigenvalue weighted by Gasteiger charge is -2.59. The first-order chi connectivity index (χ1) is 12.7. The molecule has 6 nitrogen and oxygen atoms in total. The van der Waals surface area contributed by atoms with Gasteiger partial charge in [0.1, 0.15) is 0 Å². The number of carbonyl (C=O) groups excluding carboxylic acids is 1. The van der Waals surface area contributed by atoms with Crippen molar-refractivity contribution in [2.24, 2.45) is 11.3 Å². The van der Waals surface area contributed by atoms with Crippen molar-refractivity contribution in [2.75, 3.05) is 25.1 Å². The molecule has 1 aromatic heterocycles. The third-order valence-corrected chi connectivity index (χ3v) is 6.29. The molecule has 6 heteroatoms. The molecule has 2 amide bonds. The van der Waals surface area contributed by atoms with Gasteiger partial charge in [0, 0.05) is 48.5 Å². The summed E-state index contributed by atoms with van der Waals surface area (Å²) in [5.74, 6) is 0.645. The number of hydrogen-bond donors (Lipinski definition) is 2. The van der Waals surface area contributed by atoms with E-state index < -0.39 is 0 Å². The van der Waals surface area contributed by atoms with E-state index in [1.165, 1.54) is 12.8 Å². The van der Waals surface area contributed by atoms with Crippen molar-refractivity contribution >= 4 is 22.5 Å². The third-order valence-electron chi connectivity index (χ3n) is 6.29. The van der Waals surface area contributed by atoms with Crippen LogP contribution in [0.3, 0.4) is 0 Å². The fourth-order valence-electron chi connectivity index (χ4n) is 4.80. The Kier molecular flexibility index (Phi) is 3.57. The van der Waals surface area contributed by atoms with E-state index in [1.54, 1.807) is 12.3 Å². The number of amides is 2. The molecule has 136 valence electrons. The van der Waals surface area contributed by atoms with Gasteiger partial charge in [-0.25, -0.2) is 4.79 Å². The van der Waals surface area contributed by atoms with Crippen LogP contribution in [0.2, 0.25) is 0 Å². The van der Waals surface area contributed by atoms with E-state index in [9.17, 15) is 9.59 Å². The van der Waals surface area contributed by atoms with Crippen LogP contribution in [-0.2, 0) is 4.74 Å². The molecular formula is C20H23N3O3. The zero-order chi connectivity index (χ0) is 17.7. The van der Waals surface area contributed by atoms with Gasteiger partial charge in [-0.2, -0.15) is 0 Å². The number of nitrogens with zero attached hydrogens (tertiary/aromatic N) is 1. The Morgan fingerprint density at radius 3 is 2.81 bits per heavy atom. The molecule has 3 aliphatic rings. The number of nitrogens with one attached hydrogen (secondary N) is 2. The number of hydrogen-bond acceptors (Lipinski definition) is 3. The molecule has 2 aromatic rings. The van der Waals surface area contributed by atoms with Gasteiger partial charge in [-0.1, -0.05) is 6.07 Å². The van der Waals surface area contributed by atoms with E-state index in [4.69, 9.17) is 4.74 Å². The number of likely N-dealkylation sites (tertiary alicyclic amines) is 1. The van der Waals surface area contributed by atoms with Crippen molar-refractivity contribution < 1.29 is 9.53 Å². The first-order valence-corrected chi connectivity index (χ1v) is 9.43. The minimum atomic E-state index is -0.139. The van der Waals surface area contributed by atoms with Crippen molar-refractivity contribution in [3.63, 3.8) is 0 Å². The molecular weight excluding hydrogens is 330 g/mol. The number of benzene rings is 1. The number of urea groups is 1. The third kappa shape index (κ3) is 2.51. The summed E-state index contributed by atoms with van der Waals surface area (Å²) < 4.78 is 5.54. The lowest BCUT2D eigenvalue weighted by Crippen LogP contribution is -2.69. The second-order valence-electron chi connectivity index (χ2n) is 7.92. The second-order valence-corrected chi connectivity index (χ2v) is 7.92. The average molecular weight is 353 g/mol. The van der Waals surface area contributed by atoms with Crippen LogP contribution >= 0.6 is 0 Å². The lowest BCUT2D eigenvalue weighted by atomic mass is 9.64. The van der Waals surface area contributed by atoms with Gasteiger partial charge in [0.25, 0.3) is 5.56 Å². The van der Waals surface area contributed by atoms with Gasteiger partial charge in [-0.05, 0) is 55.2 Å². The Labute approximate surface area is 151 Å². The number of carbonyl (C=O) groups is 1. The normalized spacial score (nSPS) is 24.5. The lowest BCUT2D eigenvalue weighted by molar-refractivity contribution is -0.115. The molecule has 1 spiro atoms. The maximum atomic E-state index is 12.9. The molecule has 2 N–H and O–H groups in total. The second kappa shape index (κ2) is 5.84. The van der Waals surface area contributed by atoms with Crippen LogP contribution in [0.5, 0.6) is 0 Å². The highest BCUT2D eigenvalue weighted by Gasteiger charge is 2.59. The summed E-state index contributed by atoms with van der Waals surface area (Å²) in [6.07, 6.45) is 6.20. The maximum absolute atomic E-state index is 12.9. The molecule has 5 rings (SSSR count). The Morgan fingerprint density at radius 2 is 2.04 bits per heavy atom. The molecule has 2 aliphatic heterocycles. The molecule has 1 aliphatic carbocycles. The number of ether oxygens (including phenoxy) is 1. The standard InChI is InChI=1S/C20H23N3O3/c24-18-16-11-15(4-3-13(16)5-8-21-18)22-19(25)23-12-20(6-9-26-10-7-20)17(23)14-1-2-14/h3-5,8,11,14,17H,1-2,6-7,9-10,12H2,(H,21,24)(H,22,25). The fourth-order valence-corrected chi connectivity index (χ4v) is 4.80. The molecule has 1 saturated carbocycles. The van der Waals surface area contributed by atoms with Crippen LogP contribution in [0.15, 0.2) is 35.3 Å². The highest BCUT2D eigenvalue weighted by molar-refractivity contribution is 5.94. The van der Waals surface area contributed by atoms with E-state index >= 15 is 0 Å². The molecule has 3 heterocycles. The van der Waals surface area contributed by atoms with Crippen molar-refractivity contribution in [2.45, 2.75) is 31.7 Å². The zero-order valence-corrected chi connectivity index (χ0v) is 14.7. The summed E-state index contributed by atoms with van der Waals surface area (Å²) in [5, 5.41) is 4.46. The molecule has 1 unspecified atom stereocenters. The topological polar surface area (TPSA) is 74.4 Å². The van der Waals surface area contributed by atoms with Gasteiger partial charge >= 0.3 is 6.03 Å². The molecule has 1 atom stereocenters. The predicted molar refractivity (Wildman–Crippen MR) is 99.3 cm³/mol. The molecule has 0 bridgehead atoms. The van der Waals surface area contributed by atoms with Crippen LogP contribution in [0, 0.1) is 11.3 Å². The van der Waals surface area contributed by atoms with E-state index in [0.29, 0.717) is 23.0 Å². The van der Waals surface area contributed by atoms with Gasteiger partial charge < -0.3 is 19.9 Å². The van der Waals surface area contributed by atoms with Crippen molar-refractivity contribution in [3.05, 3.63) is 40.8 Å². The first kappa shape index (κ1) is 15.9. The average Bonchev–Trinajstić information content (AvgIpc) is 3.46. The Bertz CT molecular complexity index is 912. The number of fused-ring (bicyclic) bond motifs is 1. The highest BCUT2D eigenvalue weighted by atomic mass is 16.5. The number of rotatable bonds is 2. The highest BCUT2D eigenvalue weighted by Crippen LogP contribution is 2.54. The van der Waals surface area contributed by atoms with Crippen LogP contribution in [-0.4, -0.2) is 41.7 Å². The summed E-state index contributed by atoms with van der Waals surface area (Å²) in [7, 11) is 0. The predicted octanol–water partition coefficient (Wildman–Crippen LogP) is 2.95. The number of H-pyrrole nitrogens is 1. The number of anilines is 1. The Morgan fingerprint density at radius 1 is 1.23 bits per heavy atom. The fraction of sp³-hybridized carbons (Fsp3) is 0.500. The molecule has 1 aromatic carbocycles. The smallest absolute Gasteiger partial charge is 0.322 e. The van der Waals surface area contributed by atoms with Gasteiger partial charge in [0.2, 0.25) is 0 Å². The van der Waals surface area contributed by atoms with Crippen molar-refractivity contribution in [1.82, 2.24) is 9.88 Å². The quantitative estimate of drug-likeness (QED) is 0.872. The Hall–Kier alpha value is -2.34. The van der Waals surface area contributed by atoms with Crippen LogP contribution in [0.25, 0.3) is 10.8 Å². The summed E-state index contributed by atoms with van der Waals surface area (Å²) >= 11 is 0. The SMILES string of the molecule is O=C(Nc1ccc2cc[nH]c(=O)c2c1)N1CC2(CCOCC2)C1C1CC1. The monoisotopic (exact) mass is 353 g/mol. The van der Waals surface area contributed by atoms with Crippen molar-refractivity contribution in [1.29, 1.82) is 0 Å². The largest absolute Gasteiger partial charge is 0.381 e. The maximum Gasteiger partial charge on any atom is 0.322 e. The van der Waals surface area contributed by atoms with E-state index in [2.05, 4.69) is 10.3 Å². The number of aromatic nitrogens is 1. The molecule has 3 fully saturated rings. The summed E-state index contributed by atoms with van der Waals surface area (Å²) in [6.45, 7) is 2.44. The molecule has 26 heavy (non-hydrogen) atoms. The van der Waals surface area contributed by atoms with Crippen LogP contribution < -0.4 is 10.9 Å². The van der Waals surface area contributed by atoms with Gasteiger partial charge in [-0.3, -0.25) is 4.79 Å². The molecule has 0 radical (unpaired) electrons. The van der Waals surface area contributed by atoms with Crippen LogP contribution in [0.1, 0.15) is 25.7 Å². The van der Waals surface area contributed by atoms with E-state index in [-0.39, 0.29) is 17.0 Å². The van der Waals surface area contributed by atoms with Crippen LogP contribution in [0.4, 0.5) is 10.5 Å². The van der Waals surface area contributed by atoms with Gasteiger partial charge in [0.05, 0.1) is 0 Å². The Balaban J connectivity index is 1.36. The minimum absolute atomic E-state index is 0.0503. The summed E-state index contributed by atoms with van der Waals surface area (Å²) in [6, 6.07) is 7.63. The number of pyridine rings is 1. The summed E-state index contributed by atoms with van der Waals surface area (Å²) in [5.41, 5.74) is 0.790. The number of aromatic amines is 1. The van der Waals surface area contributed by atoms with Crippen molar-refractivity contribution in [3.8, 4) is 0 Å². The van der Waals surface area contributed by atoms with E-state index in [1.807, 2.05) is 23.1 Å². The summed E-state index contributed by atoms with van der Waals surface area (Å²) in [4.78, 5) is 29.5. The first-order valence-electron chi connectivity index (χ1n) is 9.43. The molecule has 2 saturated heterocycles.